The number of allylic oxidation sites excluding steroid dienone is 2. The van der Waals surface area contributed by atoms with Gasteiger partial charge < -0.3 is 9.84 Å². The van der Waals surface area contributed by atoms with Crippen molar-refractivity contribution in [1.29, 1.82) is 0 Å². The Bertz CT molecular complexity index is 541. The second kappa shape index (κ2) is 5.74. The van der Waals surface area contributed by atoms with Crippen molar-refractivity contribution in [2.24, 2.45) is 0 Å². The first-order valence-corrected chi connectivity index (χ1v) is 6.37. The summed E-state index contributed by atoms with van der Waals surface area (Å²) >= 11 is 0. The number of ether oxygens (including phenoxy) is 1. The van der Waals surface area contributed by atoms with Crippen LogP contribution in [0.5, 0.6) is 0 Å². The van der Waals surface area contributed by atoms with E-state index in [-0.39, 0.29) is 5.97 Å². The molecule has 0 unspecified atom stereocenters. The Morgan fingerprint density at radius 1 is 1.42 bits per heavy atom. The molecule has 3 heteroatoms. The van der Waals surface area contributed by atoms with Crippen molar-refractivity contribution in [1.82, 2.24) is 0 Å². The molecule has 100 valence electrons. The molecule has 0 bridgehead atoms. The van der Waals surface area contributed by atoms with Crippen molar-refractivity contribution >= 4 is 5.97 Å². The van der Waals surface area contributed by atoms with Gasteiger partial charge in [-0.05, 0) is 36.1 Å². The van der Waals surface area contributed by atoms with Gasteiger partial charge in [-0.15, -0.1) is 0 Å². The number of aliphatic hydroxyl groups is 1. The molecule has 19 heavy (non-hydrogen) atoms. The van der Waals surface area contributed by atoms with E-state index in [0.29, 0.717) is 30.8 Å². The van der Waals surface area contributed by atoms with Gasteiger partial charge in [-0.1, -0.05) is 24.8 Å². The van der Waals surface area contributed by atoms with Crippen LogP contribution in [0.2, 0.25) is 0 Å². The van der Waals surface area contributed by atoms with Gasteiger partial charge in [0.2, 0.25) is 0 Å². The molecular weight excluding hydrogens is 240 g/mol. The van der Waals surface area contributed by atoms with Crippen LogP contribution < -0.4 is 0 Å². The predicted octanol–water partition coefficient (Wildman–Crippen LogP) is 2.89. The third kappa shape index (κ3) is 3.47. The smallest absolute Gasteiger partial charge is 0.333 e. The Kier molecular flexibility index (Phi) is 4.05. The summed E-state index contributed by atoms with van der Waals surface area (Å²) in [5.74, 6) is 0.0986. The monoisotopic (exact) mass is 258 g/mol. The van der Waals surface area contributed by atoms with Crippen LogP contribution in [0.3, 0.4) is 0 Å². The predicted molar refractivity (Wildman–Crippen MR) is 74.0 cm³/mol. The Morgan fingerprint density at radius 3 is 2.95 bits per heavy atom. The van der Waals surface area contributed by atoms with Gasteiger partial charge >= 0.3 is 5.97 Å². The van der Waals surface area contributed by atoms with Crippen LogP contribution in [0.1, 0.15) is 23.6 Å². The molecular formula is C16H18O3. The topological polar surface area (TPSA) is 46.5 Å². The largest absolute Gasteiger partial charge is 0.512 e. The van der Waals surface area contributed by atoms with Gasteiger partial charge in [0.05, 0.1) is 12.4 Å². The number of carbonyl (C=O) groups is 1. The third-order valence-corrected chi connectivity index (χ3v) is 3.17. The maximum absolute atomic E-state index is 11.2. The van der Waals surface area contributed by atoms with Gasteiger partial charge in [-0.2, -0.15) is 0 Å². The second-order valence-electron chi connectivity index (χ2n) is 4.85. The number of aliphatic hydroxyl groups excluding tert-OH is 1. The lowest BCUT2D eigenvalue weighted by atomic mass is 9.93. The lowest BCUT2D eigenvalue weighted by Crippen LogP contribution is -2.09. The molecule has 1 aliphatic rings. The molecule has 2 rings (SSSR count). The van der Waals surface area contributed by atoms with Crippen molar-refractivity contribution in [3.05, 3.63) is 58.9 Å². The Balaban J connectivity index is 1.93. The minimum Gasteiger partial charge on any atom is -0.512 e. The van der Waals surface area contributed by atoms with Gasteiger partial charge in [-0.3, -0.25) is 0 Å². The fourth-order valence-corrected chi connectivity index (χ4v) is 2.08. The first-order valence-electron chi connectivity index (χ1n) is 6.37. The van der Waals surface area contributed by atoms with Crippen molar-refractivity contribution in [3.8, 4) is 0 Å². The van der Waals surface area contributed by atoms with Crippen LogP contribution in [-0.4, -0.2) is 17.7 Å². The van der Waals surface area contributed by atoms with E-state index in [2.05, 4.69) is 12.6 Å². The molecule has 0 spiro atoms. The molecule has 0 aromatic heterocycles. The molecule has 1 aromatic carbocycles. The molecule has 0 fully saturated rings. The van der Waals surface area contributed by atoms with Gasteiger partial charge in [0.1, 0.15) is 0 Å². The minimum atomic E-state index is -0.342. The maximum atomic E-state index is 11.2. The van der Waals surface area contributed by atoms with E-state index < -0.39 is 0 Å². The molecule has 1 aromatic rings. The highest BCUT2D eigenvalue weighted by molar-refractivity contribution is 5.86. The van der Waals surface area contributed by atoms with Gasteiger partial charge in [0.25, 0.3) is 0 Å². The summed E-state index contributed by atoms with van der Waals surface area (Å²) in [7, 11) is 0. The highest BCUT2D eigenvalue weighted by Gasteiger charge is 2.11. The highest BCUT2D eigenvalue weighted by atomic mass is 16.5. The molecule has 3 nitrogen and oxygen atoms in total. The average molecular weight is 258 g/mol. The standard InChI is InChI=1S/C16H18O3/c1-11(2)16(18)19-8-7-12-3-4-14-10-15(17)6-5-13(14)9-12/h3-4,6,9,17H,1,5,7-8,10H2,2H3. The molecule has 0 saturated heterocycles. The van der Waals surface area contributed by atoms with Gasteiger partial charge in [-0.25, -0.2) is 4.79 Å². The fourth-order valence-electron chi connectivity index (χ4n) is 2.08. The number of fused-ring (bicyclic) bond motifs is 1. The Labute approximate surface area is 113 Å². The number of hydrogen-bond acceptors (Lipinski definition) is 3. The SMILES string of the molecule is C=C(C)C(=O)OCCc1ccc2c(c1)CC=C(O)C2. The summed E-state index contributed by atoms with van der Waals surface area (Å²) in [6, 6.07) is 6.17. The van der Waals surface area contributed by atoms with Gasteiger partial charge in [0.15, 0.2) is 0 Å². The number of carbonyl (C=O) groups excluding carboxylic acids is 1. The van der Waals surface area contributed by atoms with E-state index in [1.165, 1.54) is 11.1 Å². The summed E-state index contributed by atoms with van der Waals surface area (Å²) in [6.45, 7) is 5.55. The quantitative estimate of drug-likeness (QED) is 0.667. The maximum Gasteiger partial charge on any atom is 0.333 e. The van der Waals surface area contributed by atoms with E-state index >= 15 is 0 Å². The number of esters is 1. The molecule has 0 aliphatic heterocycles. The molecule has 1 N–H and O–H groups in total. The molecule has 1 aliphatic carbocycles. The molecule has 0 saturated carbocycles. The third-order valence-electron chi connectivity index (χ3n) is 3.17. The summed E-state index contributed by atoms with van der Waals surface area (Å²) in [5, 5.41) is 9.48. The lowest BCUT2D eigenvalue weighted by Gasteiger charge is -2.15. The highest BCUT2D eigenvalue weighted by Crippen LogP contribution is 2.21. The molecule has 0 heterocycles. The number of hydrogen-bond donors (Lipinski definition) is 1. The van der Waals surface area contributed by atoms with Crippen molar-refractivity contribution in [2.45, 2.75) is 26.2 Å². The molecule has 0 amide bonds. The first-order chi connectivity index (χ1) is 9.06. The molecule has 0 atom stereocenters. The molecule has 0 radical (unpaired) electrons. The van der Waals surface area contributed by atoms with Crippen molar-refractivity contribution in [2.75, 3.05) is 6.61 Å². The van der Waals surface area contributed by atoms with E-state index in [4.69, 9.17) is 4.74 Å². The zero-order chi connectivity index (χ0) is 13.8. The fraction of sp³-hybridized carbons (Fsp3) is 0.312. The number of rotatable bonds is 4. The number of benzene rings is 1. The first kappa shape index (κ1) is 13.4. The normalized spacial score (nSPS) is 13.4. The summed E-state index contributed by atoms with van der Waals surface area (Å²) in [5.41, 5.74) is 3.97. The minimum absolute atomic E-state index is 0.342. The van der Waals surface area contributed by atoms with Crippen LogP contribution in [0, 0.1) is 0 Å². The van der Waals surface area contributed by atoms with Crippen molar-refractivity contribution < 1.29 is 14.6 Å². The Hall–Kier alpha value is -2.03. The Morgan fingerprint density at radius 2 is 2.21 bits per heavy atom. The summed E-state index contributed by atoms with van der Waals surface area (Å²) in [4.78, 5) is 11.2. The summed E-state index contributed by atoms with van der Waals surface area (Å²) < 4.78 is 5.08. The van der Waals surface area contributed by atoms with Crippen LogP contribution >= 0.6 is 0 Å². The van der Waals surface area contributed by atoms with E-state index in [1.54, 1.807) is 6.92 Å². The lowest BCUT2D eigenvalue weighted by molar-refractivity contribution is -0.138. The van der Waals surface area contributed by atoms with E-state index in [9.17, 15) is 9.90 Å². The van der Waals surface area contributed by atoms with Crippen LogP contribution in [0.25, 0.3) is 0 Å². The van der Waals surface area contributed by atoms with Crippen molar-refractivity contribution in [3.63, 3.8) is 0 Å². The van der Waals surface area contributed by atoms with Crippen LogP contribution in [-0.2, 0) is 28.8 Å². The van der Waals surface area contributed by atoms with Crippen LogP contribution in [0.15, 0.2) is 42.2 Å². The van der Waals surface area contributed by atoms with Gasteiger partial charge in [0, 0.05) is 18.4 Å². The second-order valence-corrected chi connectivity index (χ2v) is 4.85. The van der Waals surface area contributed by atoms with E-state index in [1.807, 2.05) is 18.2 Å². The van der Waals surface area contributed by atoms with Crippen LogP contribution in [0.4, 0.5) is 0 Å². The zero-order valence-corrected chi connectivity index (χ0v) is 11.1. The average Bonchev–Trinajstić information content (AvgIpc) is 2.38. The zero-order valence-electron chi connectivity index (χ0n) is 11.1. The van der Waals surface area contributed by atoms with E-state index in [0.717, 1.165) is 12.0 Å². The summed E-state index contributed by atoms with van der Waals surface area (Å²) in [6.07, 6.45) is 3.91.